The fourth-order valence-corrected chi connectivity index (χ4v) is 2.97. The molecular formula is C17H21N3O3. The zero-order chi connectivity index (χ0) is 16.1. The molecule has 0 N–H and O–H groups in total. The lowest BCUT2D eigenvalue weighted by molar-refractivity contribution is -0.137. The normalized spacial score (nSPS) is 18.0. The van der Waals surface area contributed by atoms with Crippen molar-refractivity contribution in [2.45, 2.75) is 38.6 Å². The number of likely N-dealkylation sites (tertiary alicyclic amines) is 1. The molecule has 0 saturated carbocycles. The summed E-state index contributed by atoms with van der Waals surface area (Å²) in [6.07, 6.45) is 5.69. The van der Waals surface area contributed by atoms with Crippen LogP contribution in [-0.2, 0) is 4.79 Å². The molecule has 1 aliphatic heterocycles. The number of benzene rings is 1. The van der Waals surface area contributed by atoms with E-state index in [-0.39, 0.29) is 12.5 Å². The first-order valence-electron chi connectivity index (χ1n) is 8.07. The molecule has 0 radical (unpaired) electrons. The van der Waals surface area contributed by atoms with Crippen molar-refractivity contribution in [3.63, 3.8) is 0 Å². The lowest BCUT2D eigenvalue weighted by Crippen LogP contribution is -2.45. The number of aromatic nitrogens is 2. The number of ether oxygens (including phenoxy) is 1. The predicted molar refractivity (Wildman–Crippen MR) is 84.9 cm³/mol. The average Bonchev–Trinajstić information content (AvgIpc) is 3.14. The zero-order valence-corrected chi connectivity index (χ0v) is 13.3. The maximum Gasteiger partial charge on any atom is 0.260 e. The summed E-state index contributed by atoms with van der Waals surface area (Å²) in [7, 11) is 0. The third kappa shape index (κ3) is 3.70. The summed E-state index contributed by atoms with van der Waals surface area (Å²) in [6.45, 7) is 3.06. The van der Waals surface area contributed by atoms with Crippen LogP contribution in [0.4, 0.5) is 0 Å². The highest BCUT2D eigenvalue weighted by Gasteiger charge is 2.25. The van der Waals surface area contributed by atoms with Crippen LogP contribution in [0.15, 0.2) is 35.1 Å². The van der Waals surface area contributed by atoms with Crippen LogP contribution in [0, 0.1) is 0 Å². The minimum atomic E-state index is 0.0672. The first kappa shape index (κ1) is 15.5. The van der Waals surface area contributed by atoms with E-state index in [2.05, 4.69) is 17.1 Å². The highest BCUT2D eigenvalue weighted by molar-refractivity contribution is 5.78. The van der Waals surface area contributed by atoms with Crippen LogP contribution in [0.5, 0.6) is 5.75 Å². The van der Waals surface area contributed by atoms with Crippen molar-refractivity contribution in [3.05, 3.63) is 30.7 Å². The van der Waals surface area contributed by atoms with Crippen molar-refractivity contribution in [3.8, 4) is 17.2 Å². The summed E-state index contributed by atoms with van der Waals surface area (Å²) < 4.78 is 10.8. The van der Waals surface area contributed by atoms with Crippen LogP contribution in [0.1, 0.15) is 32.6 Å². The predicted octanol–water partition coefficient (Wildman–Crippen LogP) is 2.91. The molecule has 2 heterocycles. The van der Waals surface area contributed by atoms with E-state index >= 15 is 0 Å². The summed E-state index contributed by atoms with van der Waals surface area (Å²) in [4.78, 5) is 14.3. The van der Waals surface area contributed by atoms with E-state index in [4.69, 9.17) is 9.15 Å². The van der Waals surface area contributed by atoms with E-state index in [0.717, 1.165) is 31.4 Å². The molecule has 1 atom stereocenters. The van der Waals surface area contributed by atoms with Gasteiger partial charge in [0.25, 0.3) is 5.91 Å². The van der Waals surface area contributed by atoms with Gasteiger partial charge in [0.05, 0.1) is 0 Å². The molecular weight excluding hydrogens is 294 g/mol. The Morgan fingerprint density at radius 2 is 2.17 bits per heavy atom. The maximum atomic E-state index is 12.4. The average molecular weight is 315 g/mol. The number of piperidine rings is 1. The fourth-order valence-electron chi connectivity index (χ4n) is 2.97. The van der Waals surface area contributed by atoms with Gasteiger partial charge in [-0.2, -0.15) is 0 Å². The highest BCUT2D eigenvalue weighted by atomic mass is 16.5. The third-order valence-electron chi connectivity index (χ3n) is 4.24. The SMILES string of the molecule is CCC1CCCCN1C(=O)COc1ccc(-c2nnco2)cc1. The number of carbonyl (C=O) groups is 1. The van der Waals surface area contributed by atoms with Gasteiger partial charge in [0, 0.05) is 18.2 Å². The van der Waals surface area contributed by atoms with Gasteiger partial charge in [-0.25, -0.2) is 0 Å². The van der Waals surface area contributed by atoms with Crippen LogP contribution >= 0.6 is 0 Å². The first-order chi connectivity index (χ1) is 11.3. The molecule has 3 rings (SSSR count). The van der Waals surface area contributed by atoms with Crippen LogP contribution in [-0.4, -0.2) is 40.2 Å². The Hall–Kier alpha value is -2.37. The van der Waals surface area contributed by atoms with E-state index in [0.29, 0.717) is 17.7 Å². The topological polar surface area (TPSA) is 68.5 Å². The van der Waals surface area contributed by atoms with Crippen molar-refractivity contribution in [2.24, 2.45) is 0 Å². The van der Waals surface area contributed by atoms with E-state index in [1.165, 1.54) is 12.8 Å². The van der Waals surface area contributed by atoms with Crippen LogP contribution in [0.3, 0.4) is 0 Å². The molecule has 1 aromatic heterocycles. The van der Waals surface area contributed by atoms with Gasteiger partial charge in [-0.1, -0.05) is 6.92 Å². The van der Waals surface area contributed by atoms with Gasteiger partial charge in [0.1, 0.15) is 5.75 Å². The minimum Gasteiger partial charge on any atom is -0.484 e. The Kier molecular flexibility index (Phi) is 4.90. The third-order valence-corrected chi connectivity index (χ3v) is 4.24. The Labute approximate surface area is 135 Å². The van der Waals surface area contributed by atoms with Gasteiger partial charge >= 0.3 is 0 Å². The lowest BCUT2D eigenvalue weighted by atomic mass is 10.00. The van der Waals surface area contributed by atoms with E-state index in [9.17, 15) is 4.79 Å². The second-order valence-corrected chi connectivity index (χ2v) is 5.70. The van der Waals surface area contributed by atoms with Crippen molar-refractivity contribution >= 4 is 5.91 Å². The van der Waals surface area contributed by atoms with Gasteiger partial charge in [-0.15, -0.1) is 10.2 Å². The molecule has 0 bridgehead atoms. The molecule has 1 fully saturated rings. The first-order valence-corrected chi connectivity index (χ1v) is 8.07. The van der Waals surface area contributed by atoms with Gasteiger partial charge in [0.15, 0.2) is 6.61 Å². The van der Waals surface area contributed by atoms with Crippen molar-refractivity contribution < 1.29 is 13.9 Å². The van der Waals surface area contributed by atoms with Crippen LogP contribution in [0.25, 0.3) is 11.5 Å². The molecule has 1 saturated heterocycles. The Morgan fingerprint density at radius 3 is 2.87 bits per heavy atom. The summed E-state index contributed by atoms with van der Waals surface area (Å²) in [5.74, 6) is 1.19. The lowest BCUT2D eigenvalue weighted by Gasteiger charge is -2.35. The van der Waals surface area contributed by atoms with Gasteiger partial charge < -0.3 is 14.1 Å². The standard InChI is InChI=1S/C17H21N3O3/c1-2-14-5-3-4-10-20(14)16(21)11-22-15-8-6-13(7-9-15)17-19-18-12-23-17/h6-9,12,14H,2-5,10-11H2,1H3. The Balaban J connectivity index is 1.56. The number of carbonyl (C=O) groups excluding carboxylic acids is 1. The van der Waals surface area contributed by atoms with Crippen molar-refractivity contribution in [1.29, 1.82) is 0 Å². The van der Waals surface area contributed by atoms with Gasteiger partial charge in [-0.3, -0.25) is 4.79 Å². The van der Waals surface area contributed by atoms with Gasteiger partial charge in [0.2, 0.25) is 12.3 Å². The Morgan fingerprint density at radius 1 is 1.35 bits per heavy atom. The molecule has 2 aromatic rings. The summed E-state index contributed by atoms with van der Waals surface area (Å²) in [5, 5.41) is 7.50. The molecule has 6 nitrogen and oxygen atoms in total. The number of rotatable bonds is 5. The smallest absolute Gasteiger partial charge is 0.260 e. The second-order valence-electron chi connectivity index (χ2n) is 5.70. The molecule has 1 aromatic carbocycles. The van der Waals surface area contributed by atoms with Crippen LogP contribution in [0.2, 0.25) is 0 Å². The Bertz CT molecular complexity index is 625. The molecule has 1 aliphatic rings. The molecule has 1 amide bonds. The quantitative estimate of drug-likeness (QED) is 0.848. The molecule has 1 unspecified atom stereocenters. The van der Waals surface area contributed by atoms with Crippen molar-refractivity contribution in [2.75, 3.05) is 13.2 Å². The largest absolute Gasteiger partial charge is 0.484 e. The number of nitrogens with zero attached hydrogens (tertiary/aromatic N) is 3. The number of hydrogen-bond donors (Lipinski definition) is 0. The molecule has 23 heavy (non-hydrogen) atoms. The number of hydrogen-bond acceptors (Lipinski definition) is 5. The minimum absolute atomic E-state index is 0.0672. The molecule has 0 aliphatic carbocycles. The van der Waals surface area contributed by atoms with Crippen molar-refractivity contribution in [1.82, 2.24) is 15.1 Å². The zero-order valence-electron chi connectivity index (χ0n) is 13.3. The monoisotopic (exact) mass is 315 g/mol. The molecule has 0 spiro atoms. The maximum absolute atomic E-state index is 12.4. The van der Waals surface area contributed by atoms with Gasteiger partial charge in [-0.05, 0) is 49.9 Å². The fraction of sp³-hybridized carbons (Fsp3) is 0.471. The van der Waals surface area contributed by atoms with E-state index < -0.39 is 0 Å². The summed E-state index contributed by atoms with van der Waals surface area (Å²) in [6, 6.07) is 7.65. The summed E-state index contributed by atoms with van der Waals surface area (Å²) >= 11 is 0. The van der Waals surface area contributed by atoms with Crippen LogP contribution < -0.4 is 4.74 Å². The van der Waals surface area contributed by atoms with E-state index in [1.54, 1.807) is 12.1 Å². The highest BCUT2D eigenvalue weighted by Crippen LogP contribution is 2.22. The second kappa shape index (κ2) is 7.26. The summed E-state index contributed by atoms with van der Waals surface area (Å²) in [5.41, 5.74) is 0.822. The molecule has 6 heteroatoms. The molecule has 122 valence electrons. The van der Waals surface area contributed by atoms with E-state index in [1.807, 2.05) is 17.0 Å². The number of amides is 1.